The molecule has 0 bridgehead atoms. The fourth-order valence-corrected chi connectivity index (χ4v) is 2.17. The highest BCUT2D eigenvalue weighted by Crippen LogP contribution is 2.24. The van der Waals surface area contributed by atoms with E-state index in [1.54, 1.807) is 24.6 Å². The number of pyridine rings is 1. The monoisotopic (exact) mass is 282 g/mol. The molecular formula is C12H18N4O2S. The van der Waals surface area contributed by atoms with Gasteiger partial charge in [-0.05, 0) is 32.4 Å². The van der Waals surface area contributed by atoms with Crippen molar-refractivity contribution >= 4 is 26.9 Å². The maximum Gasteiger partial charge on any atom is 0.202 e. The van der Waals surface area contributed by atoms with Crippen molar-refractivity contribution in [3.8, 4) is 0 Å². The maximum atomic E-state index is 11.8. The van der Waals surface area contributed by atoms with Gasteiger partial charge in [0.05, 0.1) is 4.75 Å². The van der Waals surface area contributed by atoms with Crippen molar-refractivity contribution in [3.05, 3.63) is 17.8 Å². The van der Waals surface area contributed by atoms with Crippen LogP contribution < -0.4 is 5.73 Å². The number of aromatic nitrogens is 3. The average molecular weight is 282 g/mol. The normalized spacial score (nSPS) is 13.1. The summed E-state index contributed by atoms with van der Waals surface area (Å²) < 4.78 is 24.3. The van der Waals surface area contributed by atoms with Crippen molar-refractivity contribution in [2.45, 2.75) is 32.1 Å². The number of sulfone groups is 1. The Kier molecular flexibility index (Phi) is 3.04. The van der Waals surface area contributed by atoms with Gasteiger partial charge < -0.3 is 5.73 Å². The summed E-state index contributed by atoms with van der Waals surface area (Å²) in [6, 6.07) is 1.85. The van der Waals surface area contributed by atoms with Gasteiger partial charge >= 0.3 is 0 Å². The molecule has 2 aromatic rings. The molecule has 0 saturated heterocycles. The van der Waals surface area contributed by atoms with E-state index in [0.717, 1.165) is 5.56 Å². The molecule has 2 rings (SSSR count). The Hall–Kier alpha value is -1.63. The summed E-state index contributed by atoms with van der Waals surface area (Å²) in [5, 5.41) is 0. The molecule has 0 aliphatic heterocycles. The van der Waals surface area contributed by atoms with Gasteiger partial charge in [0.15, 0.2) is 15.5 Å². The molecule has 0 amide bonds. The summed E-state index contributed by atoms with van der Waals surface area (Å²) in [6.45, 7) is 5.49. The van der Waals surface area contributed by atoms with Crippen molar-refractivity contribution in [1.29, 1.82) is 0 Å². The molecule has 0 unspecified atom stereocenters. The van der Waals surface area contributed by atoms with E-state index >= 15 is 0 Å². The number of hydrogen-bond acceptors (Lipinski definition) is 5. The number of hydrogen-bond donors (Lipinski definition) is 1. The Balaban J connectivity index is 2.59. The van der Waals surface area contributed by atoms with E-state index in [1.807, 2.05) is 13.0 Å². The van der Waals surface area contributed by atoms with Crippen LogP contribution in [0.4, 0.5) is 5.95 Å². The number of imidazole rings is 1. The lowest BCUT2D eigenvalue weighted by Gasteiger charge is -2.23. The van der Waals surface area contributed by atoms with Crippen LogP contribution in [0.5, 0.6) is 0 Å². The number of anilines is 1. The van der Waals surface area contributed by atoms with Crippen LogP contribution in [-0.4, -0.2) is 34.0 Å². The third kappa shape index (κ3) is 2.30. The number of rotatable bonds is 3. The number of nitrogens with zero attached hydrogens (tertiary/aromatic N) is 3. The number of nitrogens with two attached hydrogens (primary N) is 1. The fourth-order valence-electron chi connectivity index (χ4n) is 1.81. The molecule has 0 saturated carbocycles. The van der Waals surface area contributed by atoms with Crippen LogP contribution in [0.1, 0.15) is 19.4 Å². The highest BCUT2D eigenvalue weighted by atomic mass is 32.2. The van der Waals surface area contributed by atoms with Gasteiger partial charge in [0, 0.05) is 19.0 Å². The lowest BCUT2D eigenvalue weighted by atomic mass is 10.2. The molecule has 2 N–H and O–H groups in total. The second-order valence-electron chi connectivity index (χ2n) is 5.39. The largest absolute Gasteiger partial charge is 0.369 e. The predicted octanol–water partition coefficient (Wildman–Crippen LogP) is 1.15. The second kappa shape index (κ2) is 4.19. The molecule has 0 aliphatic rings. The molecule has 2 heterocycles. The quantitative estimate of drug-likeness (QED) is 0.911. The highest BCUT2D eigenvalue weighted by molar-refractivity contribution is 7.92. The molecule has 6 nitrogen and oxygen atoms in total. The van der Waals surface area contributed by atoms with Gasteiger partial charge in [-0.2, -0.15) is 0 Å². The summed E-state index contributed by atoms with van der Waals surface area (Å²) in [5.41, 5.74) is 8.19. The Labute approximate surface area is 112 Å². The van der Waals surface area contributed by atoms with Crippen molar-refractivity contribution < 1.29 is 8.42 Å². The molecule has 7 heteroatoms. The molecule has 0 spiro atoms. The number of fused-ring (bicyclic) bond motifs is 1. The first-order valence-electron chi connectivity index (χ1n) is 5.90. The summed E-state index contributed by atoms with van der Waals surface area (Å²) in [4.78, 5) is 8.52. The zero-order chi connectivity index (χ0) is 14.4. The van der Waals surface area contributed by atoms with E-state index in [0.29, 0.717) is 11.2 Å². The van der Waals surface area contributed by atoms with Crippen LogP contribution in [0, 0.1) is 6.92 Å². The van der Waals surface area contributed by atoms with Crippen LogP contribution in [0.2, 0.25) is 0 Å². The third-order valence-corrected chi connectivity index (χ3v) is 5.54. The van der Waals surface area contributed by atoms with Crippen LogP contribution in [0.15, 0.2) is 12.3 Å². The Morgan fingerprint density at radius 2 is 2.05 bits per heavy atom. The first kappa shape index (κ1) is 13.8. The Morgan fingerprint density at radius 3 is 2.63 bits per heavy atom. The number of aryl methyl sites for hydroxylation is 1. The molecule has 2 aromatic heterocycles. The van der Waals surface area contributed by atoms with Crippen LogP contribution >= 0.6 is 0 Å². The lowest BCUT2D eigenvalue weighted by Crippen LogP contribution is -2.36. The Morgan fingerprint density at radius 1 is 1.42 bits per heavy atom. The van der Waals surface area contributed by atoms with E-state index in [-0.39, 0.29) is 12.5 Å². The fraction of sp³-hybridized carbons (Fsp3) is 0.500. The molecule has 0 aliphatic carbocycles. The number of nitrogen functional groups attached to an aromatic ring is 1. The zero-order valence-corrected chi connectivity index (χ0v) is 12.3. The zero-order valence-electron chi connectivity index (χ0n) is 11.5. The van der Waals surface area contributed by atoms with Crippen molar-refractivity contribution in [2.24, 2.45) is 0 Å². The first-order valence-corrected chi connectivity index (χ1v) is 7.79. The van der Waals surface area contributed by atoms with Crippen LogP contribution in [0.25, 0.3) is 11.2 Å². The minimum absolute atomic E-state index is 0.227. The molecule has 104 valence electrons. The second-order valence-corrected chi connectivity index (χ2v) is 8.04. The maximum absolute atomic E-state index is 11.8. The molecule has 0 fully saturated rings. The lowest BCUT2D eigenvalue weighted by molar-refractivity contribution is 0.510. The summed E-state index contributed by atoms with van der Waals surface area (Å²) >= 11 is 0. The van der Waals surface area contributed by atoms with E-state index in [9.17, 15) is 8.42 Å². The summed E-state index contributed by atoms with van der Waals surface area (Å²) in [5.74, 6) is 0.286. The van der Waals surface area contributed by atoms with Crippen LogP contribution in [0.3, 0.4) is 0 Å². The molecule has 0 aromatic carbocycles. The standard InChI is InChI=1S/C12H18N4O2S/c1-8-5-6-14-10-9(8)15-11(13)16(10)7-12(2,3)19(4,17)18/h5-6H,7H2,1-4H3,(H2,13,15). The van der Waals surface area contributed by atoms with E-state index < -0.39 is 14.6 Å². The van der Waals surface area contributed by atoms with Crippen molar-refractivity contribution in [1.82, 2.24) is 14.5 Å². The van der Waals surface area contributed by atoms with Gasteiger partial charge in [-0.3, -0.25) is 4.57 Å². The third-order valence-electron chi connectivity index (χ3n) is 3.41. The van der Waals surface area contributed by atoms with Gasteiger partial charge in [-0.1, -0.05) is 0 Å². The van der Waals surface area contributed by atoms with Gasteiger partial charge in [-0.15, -0.1) is 0 Å². The van der Waals surface area contributed by atoms with E-state index in [4.69, 9.17) is 5.73 Å². The minimum atomic E-state index is -3.21. The molecule has 19 heavy (non-hydrogen) atoms. The highest BCUT2D eigenvalue weighted by Gasteiger charge is 2.32. The molecular weight excluding hydrogens is 264 g/mol. The predicted molar refractivity (Wildman–Crippen MR) is 75.6 cm³/mol. The SMILES string of the molecule is Cc1ccnc2c1nc(N)n2CC(C)(C)S(C)(=O)=O. The van der Waals surface area contributed by atoms with E-state index in [1.165, 1.54) is 6.26 Å². The average Bonchev–Trinajstić information content (AvgIpc) is 2.56. The van der Waals surface area contributed by atoms with Crippen molar-refractivity contribution in [3.63, 3.8) is 0 Å². The van der Waals surface area contributed by atoms with Gasteiger partial charge in [0.1, 0.15) is 5.52 Å². The topological polar surface area (TPSA) is 90.9 Å². The van der Waals surface area contributed by atoms with Crippen molar-refractivity contribution in [2.75, 3.05) is 12.0 Å². The first-order chi connectivity index (χ1) is 8.63. The van der Waals surface area contributed by atoms with Crippen LogP contribution in [-0.2, 0) is 16.4 Å². The van der Waals surface area contributed by atoms with Gasteiger partial charge in [0.25, 0.3) is 0 Å². The summed E-state index contributed by atoms with van der Waals surface area (Å²) in [7, 11) is -3.21. The van der Waals surface area contributed by atoms with E-state index in [2.05, 4.69) is 9.97 Å². The Bertz CT molecular complexity index is 732. The van der Waals surface area contributed by atoms with Gasteiger partial charge in [-0.25, -0.2) is 18.4 Å². The molecule has 0 radical (unpaired) electrons. The summed E-state index contributed by atoms with van der Waals surface area (Å²) in [6.07, 6.45) is 2.89. The smallest absolute Gasteiger partial charge is 0.202 e. The minimum Gasteiger partial charge on any atom is -0.369 e. The van der Waals surface area contributed by atoms with Gasteiger partial charge in [0.2, 0.25) is 5.95 Å². The molecule has 0 atom stereocenters.